The van der Waals surface area contributed by atoms with Crippen LogP contribution in [-0.4, -0.2) is 10.9 Å². The van der Waals surface area contributed by atoms with Crippen LogP contribution in [0.5, 0.6) is 0 Å². The summed E-state index contributed by atoms with van der Waals surface area (Å²) >= 11 is 9.01. The Morgan fingerprint density at radius 3 is 2.65 bits per heavy atom. The van der Waals surface area contributed by atoms with Crippen LogP contribution < -0.4 is 5.32 Å². The number of para-hydroxylation sites is 1. The molecular formula is C12H8BrClN2O. The molecule has 0 bridgehead atoms. The van der Waals surface area contributed by atoms with Gasteiger partial charge in [0.1, 0.15) is 5.15 Å². The van der Waals surface area contributed by atoms with E-state index in [0.717, 1.165) is 4.47 Å². The highest BCUT2D eigenvalue weighted by atomic mass is 79.9. The number of hydrogen-bond donors (Lipinski definition) is 1. The van der Waals surface area contributed by atoms with Crippen LogP contribution in [0.3, 0.4) is 0 Å². The highest BCUT2D eigenvalue weighted by molar-refractivity contribution is 9.10. The van der Waals surface area contributed by atoms with E-state index in [1.165, 1.54) is 6.20 Å². The molecule has 1 aromatic heterocycles. The molecule has 2 rings (SSSR count). The fourth-order valence-corrected chi connectivity index (χ4v) is 1.76. The smallest absolute Gasteiger partial charge is 0.257 e. The molecule has 0 spiro atoms. The van der Waals surface area contributed by atoms with Gasteiger partial charge in [0.25, 0.3) is 5.91 Å². The van der Waals surface area contributed by atoms with E-state index in [1.807, 2.05) is 24.3 Å². The molecule has 0 saturated heterocycles. The lowest BCUT2D eigenvalue weighted by Gasteiger charge is -2.06. The van der Waals surface area contributed by atoms with Crippen LogP contribution >= 0.6 is 27.5 Å². The molecule has 0 radical (unpaired) electrons. The highest BCUT2D eigenvalue weighted by Gasteiger charge is 2.07. The zero-order valence-electron chi connectivity index (χ0n) is 8.65. The first kappa shape index (κ1) is 12.1. The van der Waals surface area contributed by atoms with Gasteiger partial charge in [-0.1, -0.05) is 23.7 Å². The van der Waals surface area contributed by atoms with E-state index in [9.17, 15) is 4.79 Å². The molecule has 1 aromatic carbocycles. The van der Waals surface area contributed by atoms with E-state index in [4.69, 9.17) is 11.6 Å². The number of carbonyl (C=O) groups is 1. The number of aromatic nitrogens is 1. The third-order valence-corrected chi connectivity index (χ3v) is 3.03. The van der Waals surface area contributed by atoms with Crippen LogP contribution in [0, 0.1) is 0 Å². The Kier molecular flexibility index (Phi) is 3.76. The van der Waals surface area contributed by atoms with Crippen molar-refractivity contribution in [1.82, 2.24) is 4.98 Å². The summed E-state index contributed by atoms with van der Waals surface area (Å²) in [5.74, 6) is -0.221. The van der Waals surface area contributed by atoms with E-state index in [0.29, 0.717) is 16.4 Å². The predicted molar refractivity (Wildman–Crippen MR) is 71.3 cm³/mol. The lowest BCUT2D eigenvalue weighted by molar-refractivity contribution is 0.102. The second-order valence-corrected chi connectivity index (χ2v) is 4.55. The quantitative estimate of drug-likeness (QED) is 0.858. The molecule has 0 aliphatic carbocycles. The molecule has 86 valence electrons. The van der Waals surface area contributed by atoms with Crippen LogP contribution in [0.1, 0.15) is 10.4 Å². The number of anilines is 1. The molecule has 1 amide bonds. The molecule has 0 aliphatic rings. The molecule has 1 heterocycles. The Balaban J connectivity index is 2.17. The summed E-state index contributed by atoms with van der Waals surface area (Å²) in [5.41, 5.74) is 1.18. The zero-order valence-corrected chi connectivity index (χ0v) is 11.0. The van der Waals surface area contributed by atoms with Crippen molar-refractivity contribution < 1.29 is 4.79 Å². The fraction of sp³-hybridized carbons (Fsp3) is 0. The minimum atomic E-state index is -0.221. The van der Waals surface area contributed by atoms with Gasteiger partial charge in [-0.3, -0.25) is 4.79 Å². The van der Waals surface area contributed by atoms with Crippen LogP contribution in [0.4, 0.5) is 5.69 Å². The molecule has 2 aromatic rings. The largest absolute Gasteiger partial charge is 0.321 e. The molecule has 3 nitrogen and oxygen atoms in total. The molecule has 17 heavy (non-hydrogen) atoms. The van der Waals surface area contributed by atoms with Gasteiger partial charge in [0.2, 0.25) is 0 Å². The topological polar surface area (TPSA) is 42.0 Å². The van der Waals surface area contributed by atoms with Crippen LogP contribution in [0.15, 0.2) is 47.1 Å². The Bertz CT molecular complexity index is 542. The predicted octanol–water partition coefficient (Wildman–Crippen LogP) is 3.75. The van der Waals surface area contributed by atoms with Crippen LogP contribution in [-0.2, 0) is 0 Å². The van der Waals surface area contributed by atoms with Gasteiger partial charge in [-0.2, -0.15) is 0 Å². The minimum absolute atomic E-state index is 0.221. The third kappa shape index (κ3) is 3.05. The Hall–Kier alpha value is -1.39. The number of nitrogens with one attached hydrogen (secondary N) is 1. The number of halogens is 2. The molecule has 0 atom stereocenters. The average molecular weight is 312 g/mol. The van der Waals surface area contributed by atoms with Crippen molar-refractivity contribution in [1.29, 1.82) is 0 Å². The second-order valence-electron chi connectivity index (χ2n) is 3.30. The normalized spacial score (nSPS) is 10.0. The van der Waals surface area contributed by atoms with Crippen molar-refractivity contribution in [3.05, 3.63) is 57.8 Å². The summed E-state index contributed by atoms with van der Waals surface area (Å²) in [4.78, 5) is 15.7. The maximum absolute atomic E-state index is 11.9. The van der Waals surface area contributed by atoms with Gasteiger partial charge < -0.3 is 5.32 Å². The summed E-state index contributed by atoms with van der Waals surface area (Å²) in [6.45, 7) is 0. The van der Waals surface area contributed by atoms with Gasteiger partial charge in [0, 0.05) is 10.7 Å². The molecule has 5 heteroatoms. The van der Waals surface area contributed by atoms with Crippen molar-refractivity contribution in [2.24, 2.45) is 0 Å². The van der Waals surface area contributed by atoms with E-state index >= 15 is 0 Å². The SMILES string of the molecule is O=C(Nc1ccccc1Br)c1ccc(Cl)nc1. The number of benzene rings is 1. The maximum Gasteiger partial charge on any atom is 0.257 e. The van der Waals surface area contributed by atoms with Gasteiger partial charge >= 0.3 is 0 Å². The van der Waals surface area contributed by atoms with E-state index in [-0.39, 0.29) is 5.91 Å². The average Bonchev–Trinajstić information content (AvgIpc) is 2.33. The van der Waals surface area contributed by atoms with Crippen LogP contribution in [0.25, 0.3) is 0 Å². The zero-order chi connectivity index (χ0) is 12.3. The van der Waals surface area contributed by atoms with E-state index in [1.54, 1.807) is 12.1 Å². The van der Waals surface area contributed by atoms with Crippen molar-refractivity contribution in [2.45, 2.75) is 0 Å². The third-order valence-electron chi connectivity index (χ3n) is 2.11. The Labute approximate surface area is 112 Å². The second kappa shape index (κ2) is 5.29. The van der Waals surface area contributed by atoms with Crippen molar-refractivity contribution in [2.75, 3.05) is 5.32 Å². The number of pyridine rings is 1. The first-order chi connectivity index (χ1) is 8.16. The van der Waals surface area contributed by atoms with Crippen LogP contribution in [0.2, 0.25) is 5.15 Å². The lowest BCUT2D eigenvalue weighted by atomic mass is 10.2. The minimum Gasteiger partial charge on any atom is -0.321 e. The molecule has 0 fully saturated rings. The van der Waals surface area contributed by atoms with Crippen molar-refractivity contribution in [3.8, 4) is 0 Å². The summed E-state index contributed by atoms with van der Waals surface area (Å²) in [5, 5.41) is 3.14. The maximum atomic E-state index is 11.9. The summed E-state index contributed by atoms with van der Waals surface area (Å²) in [6.07, 6.45) is 1.44. The van der Waals surface area contributed by atoms with Gasteiger partial charge in [0.05, 0.1) is 11.3 Å². The number of amides is 1. The Morgan fingerprint density at radius 2 is 2.00 bits per heavy atom. The first-order valence-electron chi connectivity index (χ1n) is 4.84. The summed E-state index contributed by atoms with van der Waals surface area (Å²) < 4.78 is 0.829. The van der Waals surface area contributed by atoms with Gasteiger partial charge in [-0.05, 0) is 40.2 Å². The van der Waals surface area contributed by atoms with Gasteiger partial charge in [-0.15, -0.1) is 0 Å². The molecule has 0 unspecified atom stereocenters. The lowest BCUT2D eigenvalue weighted by Crippen LogP contribution is -2.12. The Morgan fingerprint density at radius 1 is 1.24 bits per heavy atom. The van der Waals surface area contributed by atoms with Gasteiger partial charge in [0.15, 0.2) is 0 Å². The molecule has 0 saturated carbocycles. The molecule has 0 aliphatic heterocycles. The first-order valence-corrected chi connectivity index (χ1v) is 6.01. The monoisotopic (exact) mass is 310 g/mol. The molecule has 1 N–H and O–H groups in total. The molecular weight excluding hydrogens is 304 g/mol. The fourth-order valence-electron chi connectivity index (χ4n) is 1.27. The van der Waals surface area contributed by atoms with Crippen molar-refractivity contribution >= 4 is 39.1 Å². The standard InChI is InChI=1S/C12H8BrClN2O/c13-9-3-1-2-4-10(9)16-12(17)8-5-6-11(14)15-7-8/h1-7H,(H,16,17). The summed E-state index contributed by atoms with van der Waals surface area (Å²) in [6, 6.07) is 10.6. The number of hydrogen-bond acceptors (Lipinski definition) is 2. The van der Waals surface area contributed by atoms with E-state index < -0.39 is 0 Å². The summed E-state index contributed by atoms with van der Waals surface area (Å²) in [7, 11) is 0. The number of rotatable bonds is 2. The van der Waals surface area contributed by atoms with E-state index in [2.05, 4.69) is 26.2 Å². The number of carbonyl (C=O) groups excluding carboxylic acids is 1. The number of nitrogens with zero attached hydrogens (tertiary/aromatic N) is 1. The van der Waals surface area contributed by atoms with Gasteiger partial charge in [-0.25, -0.2) is 4.98 Å². The highest BCUT2D eigenvalue weighted by Crippen LogP contribution is 2.21. The van der Waals surface area contributed by atoms with Crippen molar-refractivity contribution in [3.63, 3.8) is 0 Å².